The lowest BCUT2D eigenvalue weighted by Crippen LogP contribution is -2.33. The first-order valence-electron chi connectivity index (χ1n) is 8.45. The van der Waals surface area contributed by atoms with Gasteiger partial charge in [-0.05, 0) is 68.4 Å². The summed E-state index contributed by atoms with van der Waals surface area (Å²) in [4.78, 5) is 31.3. The van der Waals surface area contributed by atoms with Crippen LogP contribution in [0.4, 0.5) is 0 Å². The summed E-state index contributed by atoms with van der Waals surface area (Å²) in [5.41, 5.74) is 6.50. The number of hydrogen-bond donors (Lipinski definition) is 1. The number of thiophene rings is 1. The molecular formula is C19H19N3O2S. The highest BCUT2D eigenvalue weighted by Gasteiger charge is 2.16. The van der Waals surface area contributed by atoms with Gasteiger partial charge in [-0.25, -0.2) is 9.66 Å². The number of nitrogens with one attached hydrogen (secondary N) is 1. The fourth-order valence-electron chi connectivity index (χ4n) is 3.36. The Kier molecular flexibility index (Phi) is 3.92. The second-order valence-corrected chi connectivity index (χ2v) is 7.72. The summed E-state index contributed by atoms with van der Waals surface area (Å²) in [6.07, 6.45) is 5.84. The van der Waals surface area contributed by atoms with E-state index in [0.717, 1.165) is 29.7 Å². The highest BCUT2D eigenvalue weighted by molar-refractivity contribution is 7.18. The maximum atomic E-state index is 12.7. The van der Waals surface area contributed by atoms with E-state index in [0.29, 0.717) is 15.8 Å². The first kappa shape index (κ1) is 16.0. The molecule has 1 aromatic carbocycles. The van der Waals surface area contributed by atoms with Crippen LogP contribution in [-0.4, -0.2) is 15.6 Å². The number of rotatable bonds is 2. The molecule has 2 aromatic heterocycles. The maximum absolute atomic E-state index is 12.7. The summed E-state index contributed by atoms with van der Waals surface area (Å²) in [5.74, 6) is -0.291. The van der Waals surface area contributed by atoms with E-state index in [1.165, 1.54) is 39.9 Å². The normalized spacial score (nSPS) is 13.7. The second-order valence-electron chi connectivity index (χ2n) is 6.51. The molecule has 0 saturated heterocycles. The highest BCUT2D eigenvalue weighted by Crippen LogP contribution is 2.25. The quantitative estimate of drug-likeness (QED) is 0.768. The van der Waals surface area contributed by atoms with Crippen LogP contribution >= 0.6 is 11.3 Å². The first-order valence-corrected chi connectivity index (χ1v) is 9.27. The van der Waals surface area contributed by atoms with Gasteiger partial charge in [-0.1, -0.05) is 6.07 Å². The van der Waals surface area contributed by atoms with Gasteiger partial charge < -0.3 is 0 Å². The lowest BCUT2D eigenvalue weighted by molar-refractivity contribution is 0.101. The Hall–Kier alpha value is -2.47. The van der Waals surface area contributed by atoms with E-state index in [9.17, 15) is 9.59 Å². The van der Waals surface area contributed by atoms with Crippen LogP contribution in [0.3, 0.4) is 0 Å². The Morgan fingerprint density at radius 3 is 2.76 bits per heavy atom. The molecular weight excluding hydrogens is 334 g/mol. The number of carbonyl (C=O) groups excluding carboxylic acids is 1. The van der Waals surface area contributed by atoms with Gasteiger partial charge in [0.1, 0.15) is 11.2 Å². The summed E-state index contributed by atoms with van der Waals surface area (Å²) in [7, 11) is 0. The lowest BCUT2D eigenvalue weighted by Gasteiger charge is -2.16. The van der Waals surface area contributed by atoms with Crippen molar-refractivity contribution in [2.24, 2.45) is 0 Å². The van der Waals surface area contributed by atoms with Crippen molar-refractivity contribution in [1.29, 1.82) is 0 Å². The van der Waals surface area contributed by atoms with Crippen LogP contribution in [0.1, 0.15) is 44.8 Å². The monoisotopic (exact) mass is 353 g/mol. The van der Waals surface area contributed by atoms with Gasteiger partial charge in [0.2, 0.25) is 0 Å². The number of amides is 1. The van der Waals surface area contributed by atoms with Crippen molar-refractivity contribution in [1.82, 2.24) is 9.66 Å². The topological polar surface area (TPSA) is 64.0 Å². The maximum Gasteiger partial charge on any atom is 0.281 e. The molecule has 4 rings (SSSR count). The van der Waals surface area contributed by atoms with E-state index in [1.807, 2.05) is 32.0 Å². The Morgan fingerprint density at radius 2 is 1.96 bits per heavy atom. The van der Waals surface area contributed by atoms with Crippen LogP contribution in [0.25, 0.3) is 10.2 Å². The van der Waals surface area contributed by atoms with Crippen molar-refractivity contribution in [3.63, 3.8) is 0 Å². The molecule has 0 bridgehead atoms. The molecule has 1 N–H and O–H groups in total. The molecule has 2 heterocycles. The Balaban J connectivity index is 1.67. The number of aryl methyl sites for hydroxylation is 4. The predicted octanol–water partition coefficient (Wildman–Crippen LogP) is 3.34. The zero-order chi connectivity index (χ0) is 17.6. The van der Waals surface area contributed by atoms with Crippen LogP contribution in [0.2, 0.25) is 0 Å². The van der Waals surface area contributed by atoms with Crippen molar-refractivity contribution >= 4 is 27.5 Å². The molecule has 0 atom stereocenters. The molecule has 0 aliphatic heterocycles. The van der Waals surface area contributed by atoms with Crippen molar-refractivity contribution in [2.75, 3.05) is 5.43 Å². The minimum Gasteiger partial charge on any atom is -0.267 e. The molecule has 0 unspecified atom stereocenters. The van der Waals surface area contributed by atoms with Crippen LogP contribution in [-0.2, 0) is 12.8 Å². The van der Waals surface area contributed by atoms with Gasteiger partial charge >= 0.3 is 0 Å². The van der Waals surface area contributed by atoms with Crippen molar-refractivity contribution in [3.05, 3.63) is 62.0 Å². The Labute approximate surface area is 149 Å². The number of benzene rings is 1. The zero-order valence-corrected chi connectivity index (χ0v) is 15.1. The summed E-state index contributed by atoms with van der Waals surface area (Å²) in [5, 5.41) is 0.579. The molecule has 25 heavy (non-hydrogen) atoms. The van der Waals surface area contributed by atoms with Gasteiger partial charge in [0, 0.05) is 10.4 Å². The van der Waals surface area contributed by atoms with E-state index in [4.69, 9.17) is 0 Å². The minimum absolute atomic E-state index is 0.238. The smallest absolute Gasteiger partial charge is 0.267 e. The van der Waals surface area contributed by atoms with Crippen LogP contribution in [0, 0.1) is 13.8 Å². The molecule has 128 valence electrons. The van der Waals surface area contributed by atoms with E-state index in [-0.39, 0.29) is 11.5 Å². The summed E-state index contributed by atoms with van der Waals surface area (Å²) < 4.78 is 1.18. The molecule has 0 spiro atoms. The predicted molar refractivity (Wildman–Crippen MR) is 100 cm³/mol. The molecule has 0 radical (unpaired) electrons. The average Bonchev–Trinajstić information content (AvgIpc) is 2.92. The second kappa shape index (κ2) is 6.11. The zero-order valence-electron chi connectivity index (χ0n) is 14.3. The fourth-order valence-corrected chi connectivity index (χ4v) is 4.35. The fraction of sp³-hybridized carbons (Fsp3) is 0.316. The van der Waals surface area contributed by atoms with Gasteiger partial charge in [-0.3, -0.25) is 15.0 Å². The molecule has 1 aliphatic rings. The van der Waals surface area contributed by atoms with Crippen LogP contribution in [0.15, 0.2) is 29.3 Å². The summed E-state index contributed by atoms with van der Waals surface area (Å²) in [6, 6.07) is 5.80. The van der Waals surface area contributed by atoms with Crippen molar-refractivity contribution in [3.8, 4) is 0 Å². The molecule has 0 saturated carbocycles. The summed E-state index contributed by atoms with van der Waals surface area (Å²) in [6.45, 7) is 3.88. The van der Waals surface area contributed by atoms with Crippen LogP contribution in [0.5, 0.6) is 0 Å². The third kappa shape index (κ3) is 2.76. The van der Waals surface area contributed by atoms with E-state index in [2.05, 4.69) is 10.4 Å². The molecule has 5 nitrogen and oxygen atoms in total. The summed E-state index contributed by atoms with van der Waals surface area (Å²) >= 11 is 1.50. The number of hydrogen-bond acceptors (Lipinski definition) is 4. The number of carbonyl (C=O) groups is 1. The molecule has 3 aromatic rings. The SMILES string of the molecule is Cc1sc2ncn(NC(=O)c3ccc4c(c3)CCCC4)c(=O)c2c1C. The van der Waals surface area contributed by atoms with Crippen LogP contribution < -0.4 is 11.0 Å². The highest BCUT2D eigenvalue weighted by atomic mass is 32.1. The minimum atomic E-state index is -0.291. The number of fused-ring (bicyclic) bond motifs is 2. The van der Waals surface area contributed by atoms with Gasteiger partial charge in [-0.15, -0.1) is 11.3 Å². The average molecular weight is 353 g/mol. The Morgan fingerprint density at radius 1 is 1.20 bits per heavy atom. The molecule has 0 fully saturated rings. The standard InChI is InChI=1S/C19H19N3O2S/c1-11-12(2)25-18-16(11)19(24)22(10-20-18)21-17(23)15-8-7-13-5-3-4-6-14(13)9-15/h7-10H,3-6H2,1-2H3,(H,21,23). The third-order valence-electron chi connectivity index (χ3n) is 4.92. The van der Waals surface area contributed by atoms with Gasteiger partial charge in [-0.2, -0.15) is 0 Å². The van der Waals surface area contributed by atoms with Gasteiger partial charge in [0.05, 0.1) is 5.39 Å². The van der Waals surface area contributed by atoms with E-state index in [1.54, 1.807) is 0 Å². The lowest BCUT2D eigenvalue weighted by atomic mass is 9.90. The van der Waals surface area contributed by atoms with Crippen molar-refractivity contribution < 1.29 is 4.79 Å². The molecule has 1 amide bonds. The van der Waals surface area contributed by atoms with E-state index >= 15 is 0 Å². The van der Waals surface area contributed by atoms with E-state index < -0.39 is 0 Å². The number of aromatic nitrogens is 2. The van der Waals surface area contributed by atoms with Gasteiger partial charge in [0.15, 0.2) is 0 Å². The van der Waals surface area contributed by atoms with Crippen molar-refractivity contribution in [2.45, 2.75) is 39.5 Å². The number of nitrogens with zero attached hydrogens (tertiary/aromatic N) is 2. The Bertz CT molecular complexity index is 1050. The van der Waals surface area contributed by atoms with Gasteiger partial charge in [0.25, 0.3) is 11.5 Å². The third-order valence-corrected chi connectivity index (χ3v) is 6.04. The molecule has 6 heteroatoms. The molecule has 1 aliphatic carbocycles. The largest absolute Gasteiger partial charge is 0.281 e. The first-order chi connectivity index (χ1) is 12.0.